The Morgan fingerprint density at radius 1 is 1.10 bits per heavy atom. The Balaban J connectivity index is 1.47. The normalized spacial score (nSPS) is 10.6. The van der Waals surface area contributed by atoms with Crippen LogP contribution in [0.5, 0.6) is 5.75 Å². The molecule has 0 bridgehead atoms. The number of nitrogens with zero attached hydrogens (tertiary/aromatic N) is 1. The molecule has 0 spiro atoms. The van der Waals surface area contributed by atoms with Crippen molar-refractivity contribution >= 4 is 16.8 Å². The fraction of sp³-hybridized carbons (Fsp3) is 0.188. The number of nitrogens with one attached hydrogen (secondary N) is 1. The maximum absolute atomic E-state index is 5.64. The van der Waals surface area contributed by atoms with Gasteiger partial charge in [0.05, 0.1) is 18.3 Å². The summed E-state index contributed by atoms with van der Waals surface area (Å²) >= 11 is 0. The summed E-state index contributed by atoms with van der Waals surface area (Å²) in [7, 11) is 0. The van der Waals surface area contributed by atoms with Crippen molar-refractivity contribution in [2.24, 2.45) is 0 Å². The van der Waals surface area contributed by atoms with Gasteiger partial charge in [-0.3, -0.25) is 0 Å². The van der Waals surface area contributed by atoms with E-state index in [4.69, 9.17) is 9.15 Å². The smallest absolute Gasteiger partial charge is 0.139 e. The Hall–Kier alpha value is -2.49. The van der Waals surface area contributed by atoms with E-state index in [9.17, 15) is 0 Å². The quantitative estimate of drug-likeness (QED) is 0.692. The zero-order valence-electron chi connectivity index (χ0n) is 11.1. The molecule has 0 saturated carbocycles. The van der Waals surface area contributed by atoms with Crippen molar-refractivity contribution in [1.29, 1.82) is 0 Å². The number of furan rings is 1. The van der Waals surface area contributed by atoms with E-state index in [1.54, 1.807) is 12.5 Å². The van der Waals surface area contributed by atoms with Crippen LogP contribution in [0, 0.1) is 0 Å². The van der Waals surface area contributed by atoms with E-state index in [2.05, 4.69) is 10.3 Å². The average molecular weight is 268 g/mol. The number of benzene rings is 1. The van der Waals surface area contributed by atoms with Gasteiger partial charge in [0, 0.05) is 12.7 Å². The van der Waals surface area contributed by atoms with Crippen molar-refractivity contribution in [2.75, 3.05) is 18.5 Å². The Kier molecular flexibility index (Phi) is 3.83. The molecule has 0 saturated heterocycles. The van der Waals surface area contributed by atoms with E-state index >= 15 is 0 Å². The van der Waals surface area contributed by atoms with E-state index in [0.717, 1.165) is 35.5 Å². The zero-order chi connectivity index (χ0) is 13.6. The van der Waals surface area contributed by atoms with Crippen LogP contribution in [0.3, 0.4) is 0 Å². The summed E-state index contributed by atoms with van der Waals surface area (Å²) in [5.74, 6) is 1.76. The van der Waals surface area contributed by atoms with Crippen LogP contribution in [0.4, 0.5) is 5.82 Å². The van der Waals surface area contributed by atoms with E-state index < -0.39 is 0 Å². The number of pyridine rings is 1. The second-order valence-electron chi connectivity index (χ2n) is 4.43. The zero-order valence-corrected chi connectivity index (χ0v) is 11.1. The SMILES string of the molecule is c1ccc(OCCCNc2nccc3occc23)cc1. The molecular weight excluding hydrogens is 252 g/mol. The Morgan fingerprint density at radius 3 is 2.90 bits per heavy atom. The second-order valence-corrected chi connectivity index (χ2v) is 4.43. The lowest BCUT2D eigenvalue weighted by Crippen LogP contribution is -2.08. The maximum Gasteiger partial charge on any atom is 0.139 e. The van der Waals surface area contributed by atoms with E-state index in [-0.39, 0.29) is 0 Å². The molecule has 2 heterocycles. The van der Waals surface area contributed by atoms with Crippen molar-refractivity contribution in [1.82, 2.24) is 4.98 Å². The van der Waals surface area contributed by atoms with Gasteiger partial charge in [0.1, 0.15) is 17.2 Å². The summed E-state index contributed by atoms with van der Waals surface area (Å²) in [5, 5.41) is 4.32. The molecule has 1 N–H and O–H groups in total. The number of hydrogen-bond donors (Lipinski definition) is 1. The summed E-state index contributed by atoms with van der Waals surface area (Å²) in [6.45, 7) is 1.49. The van der Waals surface area contributed by atoms with Gasteiger partial charge in [-0.05, 0) is 30.7 Å². The first-order chi connectivity index (χ1) is 9.93. The third-order valence-electron chi connectivity index (χ3n) is 3.01. The number of hydrogen-bond acceptors (Lipinski definition) is 4. The van der Waals surface area contributed by atoms with Crippen LogP contribution in [0.2, 0.25) is 0 Å². The van der Waals surface area contributed by atoms with Gasteiger partial charge in [-0.2, -0.15) is 0 Å². The first-order valence-corrected chi connectivity index (χ1v) is 6.67. The van der Waals surface area contributed by atoms with Crippen LogP contribution >= 0.6 is 0 Å². The fourth-order valence-corrected chi connectivity index (χ4v) is 2.02. The van der Waals surface area contributed by atoms with Crippen LogP contribution < -0.4 is 10.1 Å². The molecule has 0 atom stereocenters. The van der Waals surface area contributed by atoms with Crippen LogP contribution in [-0.4, -0.2) is 18.1 Å². The first kappa shape index (κ1) is 12.5. The number of anilines is 1. The third kappa shape index (κ3) is 2.91. The average Bonchev–Trinajstić information content (AvgIpc) is 2.97. The largest absolute Gasteiger partial charge is 0.494 e. The topological polar surface area (TPSA) is 47.3 Å². The molecule has 0 fully saturated rings. The molecule has 0 amide bonds. The Morgan fingerprint density at radius 2 is 2.00 bits per heavy atom. The van der Waals surface area contributed by atoms with Crippen molar-refractivity contribution in [2.45, 2.75) is 6.42 Å². The molecule has 0 aliphatic heterocycles. The summed E-state index contributed by atoms with van der Waals surface area (Å²) in [4.78, 5) is 4.32. The number of fused-ring (bicyclic) bond motifs is 1. The van der Waals surface area contributed by atoms with Crippen molar-refractivity contribution in [3.05, 3.63) is 54.9 Å². The Labute approximate surface area is 117 Å². The molecular formula is C16H16N2O2. The van der Waals surface area contributed by atoms with Crippen molar-refractivity contribution in [3.63, 3.8) is 0 Å². The van der Waals surface area contributed by atoms with Gasteiger partial charge in [0.15, 0.2) is 0 Å². The molecule has 20 heavy (non-hydrogen) atoms. The summed E-state index contributed by atoms with van der Waals surface area (Å²) in [6, 6.07) is 13.6. The molecule has 3 aromatic rings. The minimum Gasteiger partial charge on any atom is -0.494 e. The first-order valence-electron chi connectivity index (χ1n) is 6.67. The van der Waals surface area contributed by atoms with Gasteiger partial charge in [-0.1, -0.05) is 18.2 Å². The summed E-state index contributed by atoms with van der Waals surface area (Å²) in [5.41, 5.74) is 0.850. The molecule has 3 rings (SSSR count). The van der Waals surface area contributed by atoms with Gasteiger partial charge in [-0.15, -0.1) is 0 Å². The van der Waals surface area contributed by atoms with Crippen LogP contribution in [-0.2, 0) is 0 Å². The van der Waals surface area contributed by atoms with Crippen molar-refractivity contribution in [3.8, 4) is 5.75 Å². The molecule has 4 nitrogen and oxygen atoms in total. The monoisotopic (exact) mass is 268 g/mol. The minimum absolute atomic E-state index is 0.679. The predicted octanol–water partition coefficient (Wildman–Crippen LogP) is 3.71. The van der Waals surface area contributed by atoms with E-state index in [1.807, 2.05) is 42.5 Å². The lowest BCUT2D eigenvalue weighted by Gasteiger charge is -2.08. The van der Waals surface area contributed by atoms with E-state index in [0.29, 0.717) is 6.61 Å². The molecule has 0 radical (unpaired) electrons. The van der Waals surface area contributed by atoms with Gasteiger partial charge in [0.2, 0.25) is 0 Å². The lowest BCUT2D eigenvalue weighted by molar-refractivity contribution is 0.315. The molecule has 0 unspecified atom stereocenters. The summed E-state index contributed by atoms with van der Waals surface area (Å²) < 4.78 is 11.0. The highest BCUT2D eigenvalue weighted by molar-refractivity contribution is 5.87. The summed E-state index contributed by atoms with van der Waals surface area (Å²) in [6.07, 6.45) is 4.33. The maximum atomic E-state index is 5.64. The number of ether oxygens (including phenoxy) is 1. The third-order valence-corrected chi connectivity index (χ3v) is 3.01. The molecule has 102 valence electrons. The predicted molar refractivity (Wildman–Crippen MR) is 79.1 cm³/mol. The highest BCUT2D eigenvalue weighted by Gasteiger charge is 2.03. The molecule has 4 heteroatoms. The lowest BCUT2D eigenvalue weighted by atomic mass is 10.3. The Bertz CT molecular complexity index is 664. The minimum atomic E-state index is 0.679. The molecule has 0 aliphatic carbocycles. The number of rotatable bonds is 6. The molecule has 1 aromatic carbocycles. The van der Waals surface area contributed by atoms with Crippen LogP contribution in [0.15, 0.2) is 59.3 Å². The highest BCUT2D eigenvalue weighted by Crippen LogP contribution is 2.21. The highest BCUT2D eigenvalue weighted by atomic mass is 16.5. The standard InChI is InChI=1S/C16H16N2O2/c1-2-5-13(6-3-1)19-11-4-9-17-16-14-8-12-20-15(14)7-10-18-16/h1-3,5-8,10,12H,4,9,11H2,(H,17,18). The van der Waals surface area contributed by atoms with Gasteiger partial charge < -0.3 is 14.5 Å². The van der Waals surface area contributed by atoms with Gasteiger partial charge in [-0.25, -0.2) is 4.98 Å². The number of para-hydroxylation sites is 1. The fourth-order valence-electron chi connectivity index (χ4n) is 2.02. The van der Waals surface area contributed by atoms with Gasteiger partial charge >= 0.3 is 0 Å². The molecule has 0 aliphatic rings. The van der Waals surface area contributed by atoms with Crippen LogP contribution in [0.1, 0.15) is 6.42 Å². The van der Waals surface area contributed by atoms with E-state index in [1.165, 1.54) is 0 Å². The number of aromatic nitrogens is 1. The second kappa shape index (κ2) is 6.10. The van der Waals surface area contributed by atoms with Crippen LogP contribution in [0.25, 0.3) is 11.0 Å². The van der Waals surface area contributed by atoms with Gasteiger partial charge in [0.25, 0.3) is 0 Å². The molecule has 2 aromatic heterocycles. The van der Waals surface area contributed by atoms with Crippen molar-refractivity contribution < 1.29 is 9.15 Å².